The lowest BCUT2D eigenvalue weighted by Crippen LogP contribution is -2.58. The molecule has 2 atom stereocenters. The van der Waals surface area contributed by atoms with Crippen LogP contribution in [0.15, 0.2) is 36.5 Å². The zero-order valence-electron chi connectivity index (χ0n) is 15.9. The molecule has 0 amide bonds. The Hall–Kier alpha value is -1.69. The standard InChI is InChI=1S/C21H30N4O/c1-23-12-9-19(26)21(15-23)10-6-11-25(16-21)14-18-13-24(2)22-20(18)17-7-4-3-5-8-17/h3-5,7-8,13,19,26H,6,9-12,14-16H2,1-2H3/t19-,21-/m0/s1. The average Bonchev–Trinajstić information content (AvgIpc) is 3.00. The largest absolute Gasteiger partial charge is 0.392 e. The van der Waals surface area contributed by atoms with Crippen LogP contribution in [-0.2, 0) is 13.6 Å². The van der Waals surface area contributed by atoms with Gasteiger partial charge in [-0.15, -0.1) is 0 Å². The Morgan fingerprint density at radius 2 is 1.96 bits per heavy atom. The molecule has 26 heavy (non-hydrogen) atoms. The molecule has 5 heteroatoms. The van der Waals surface area contributed by atoms with Gasteiger partial charge in [-0.25, -0.2) is 0 Å². The number of aryl methyl sites for hydroxylation is 1. The molecule has 5 nitrogen and oxygen atoms in total. The Kier molecular flexibility index (Phi) is 4.86. The van der Waals surface area contributed by atoms with Gasteiger partial charge in [-0.2, -0.15) is 5.10 Å². The van der Waals surface area contributed by atoms with E-state index in [9.17, 15) is 5.11 Å². The summed E-state index contributed by atoms with van der Waals surface area (Å²) in [6.45, 7) is 4.98. The third-order valence-corrected chi connectivity index (χ3v) is 6.11. The number of aliphatic hydroxyl groups is 1. The molecular formula is C21H30N4O. The van der Waals surface area contributed by atoms with E-state index in [0.717, 1.165) is 57.7 Å². The molecule has 2 aliphatic rings. The summed E-state index contributed by atoms with van der Waals surface area (Å²) in [5, 5.41) is 15.5. The van der Waals surface area contributed by atoms with Gasteiger partial charge in [0.25, 0.3) is 0 Å². The zero-order valence-corrected chi connectivity index (χ0v) is 15.9. The lowest BCUT2D eigenvalue weighted by molar-refractivity contribution is -0.0807. The normalized spacial score (nSPS) is 27.9. The Balaban J connectivity index is 1.55. The second-order valence-electron chi connectivity index (χ2n) is 8.26. The number of aliphatic hydroxyl groups excluding tert-OH is 1. The van der Waals surface area contributed by atoms with Crippen LogP contribution in [0.1, 0.15) is 24.8 Å². The SMILES string of the molecule is CN1CC[C@H](O)[C@@]2(CCCN(Cc3cn(C)nc3-c3ccccc3)C2)C1. The highest BCUT2D eigenvalue weighted by Crippen LogP contribution is 2.39. The molecule has 0 bridgehead atoms. The molecule has 0 radical (unpaired) electrons. The number of rotatable bonds is 3. The van der Waals surface area contributed by atoms with Crippen molar-refractivity contribution in [1.82, 2.24) is 19.6 Å². The molecule has 0 aliphatic carbocycles. The number of benzene rings is 1. The van der Waals surface area contributed by atoms with E-state index in [2.05, 4.69) is 47.3 Å². The van der Waals surface area contributed by atoms with Crippen LogP contribution in [0.25, 0.3) is 11.3 Å². The summed E-state index contributed by atoms with van der Waals surface area (Å²) in [6.07, 6.45) is 5.16. The highest BCUT2D eigenvalue weighted by atomic mass is 16.3. The van der Waals surface area contributed by atoms with Gasteiger partial charge in [-0.1, -0.05) is 30.3 Å². The maximum absolute atomic E-state index is 10.8. The zero-order chi connectivity index (χ0) is 18.1. The summed E-state index contributed by atoms with van der Waals surface area (Å²) in [7, 11) is 4.18. The number of nitrogens with zero attached hydrogens (tertiary/aromatic N) is 4. The minimum Gasteiger partial charge on any atom is -0.392 e. The fourth-order valence-corrected chi connectivity index (χ4v) is 4.90. The van der Waals surface area contributed by atoms with E-state index < -0.39 is 0 Å². The number of hydrogen-bond acceptors (Lipinski definition) is 4. The highest BCUT2D eigenvalue weighted by molar-refractivity contribution is 5.62. The van der Waals surface area contributed by atoms with Crippen molar-refractivity contribution in [3.8, 4) is 11.3 Å². The van der Waals surface area contributed by atoms with Crippen LogP contribution in [-0.4, -0.2) is 64.0 Å². The summed E-state index contributed by atoms with van der Waals surface area (Å²) >= 11 is 0. The first kappa shape index (κ1) is 17.7. The van der Waals surface area contributed by atoms with Gasteiger partial charge in [0.15, 0.2) is 0 Å². The molecule has 1 spiro atoms. The molecule has 1 aromatic heterocycles. The predicted octanol–water partition coefficient (Wildman–Crippen LogP) is 2.37. The van der Waals surface area contributed by atoms with E-state index in [4.69, 9.17) is 5.10 Å². The molecule has 2 saturated heterocycles. The van der Waals surface area contributed by atoms with Gasteiger partial charge >= 0.3 is 0 Å². The van der Waals surface area contributed by atoms with Crippen molar-refractivity contribution in [2.24, 2.45) is 12.5 Å². The van der Waals surface area contributed by atoms with E-state index in [1.54, 1.807) is 0 Å². The quantitative estimate of drug-likeness (QED) is 0.919. The van der Waals surface area contributed by atoms with Gasteiger partial charge in [-0.3, -0.25) is 9.58 Å². The van der Waals surface area contributed by atoms with Crippen LogP contribution in [0.5, 0.6) is 0 Å². The van der Waals surface area contributed by atoms with Crippen molar-refractivity contribution >= 4 is 0 Å². The van der Waals surface area contributed by atoms with Gasteiger partial charge in [0.2, 0.25) is 0 Å². The van der Waals surface area contributed by atoms with E-state index in [1.807, 2.05) is 17.8 Å². The van der Waals surface area contributed by atoms with E-state index in [1.165, 1.54) is 11.1 Å². The number of aromatic nitrogens is 2. The molecule has 140 valence electrons. The maximum atomic E-state index is 10.8. The molecule has 4 rings (SSSR count). The van der Waals surface area contributed by atoms with Crippen molar-refractivity contribution in [3.63, 3.8) is 0 Å². The summed E-state index contributed by atoms with van der Waals surface area (Å²) in [4.78, 5) is 4.91. The van der Waals surface area contributed by atoms with Crippen molar-refractivity contribution in [2.45, 2.75) is 31.9 Å². The number of likely N-dealkylation sites (tertiary alicyclic amines) is 2. The van der Waals surface area contributed by atoms with Gasteiger partial charge in [0.1, 0.15) is 0 Å². The molecule has 0 unspecified atom stereocenters. The van der Waals surface area contributed by atoms with Crippen LogP contribution in [0.3, 0.4) is 0 Å². The van der Waals surface area contributed by atoms with Gasteiger partial charge in [0, 0.05) is 56.0 Å². The first-order chi connectivity index (χ1) is 12.6. The maximum Gasteiger partial charge on any atom is 0.0968 e. The van der Waals surface area contributed by atoms with Crippen LogP contribution in [0.2, 0.25) is 0 Å². The van der Waals surface area contributed by atoms with Gasteiger partial charge in [-0.05, 0) is 32.9 Å². The summed E-state index contributed by atoms with van der Waals surface area (Å²) in [6, 6.07) is 10.4. The van der Waals surface area contributed by atoms with Gasteiger partial charge in [0.05, 0.1) is 11.8 Å². The van der Waals surface area contributed by atoms with Crippen molar-refractivity contribution in [2.75, 3.05) is 33.2 Å². The molecule has 2 aliphatic heterocycles. The fraction of sp³-hybridized carbons (Fsp3) is 0.571. The van der Waals surface area contributed by atoms with Crippen molar-refractivity contribution in [3.05, 3.63) is 42.1 Å². The van der Waals surface area contributed by atoms with Crippen LogP contribution < -0.4 is 0 Å². The first-order valence-corrected chi connectivity index (χ1v) is 9.73. The molecule has 1 aromatic carbocycles. The Morgan fingerprint density at radius 3 is 2.77 bits per heavy atom. The monoisotopic (exact) mass is 354 g/mol. The molecule has 2 fully saturated rings. The Morgan fingerprint density at radius 1 is 1.15 bits per heavy atom. The highest BCUT2D eigenvalue weighted by Gasteiger charge is 2.44. The summed E-state index contributed by atoms with van der Waals surface area (Å²) < 4.78 is 1.92. The minimum absolute atomic E-state index is 0.0281. The lowest BCUT2D eigenvalue weighted by Gasteiger charge is -2.50. The fourth-order valence-electron chi connectivity index (χ4n) is 4.90. The minimum atomic E-state index is -0.177. The lowest BCUT2D eigenvalue weighted by atomic mass is 9.71. The van der Waals surface area contributed by atoms with E-state index in [0.29, 0.717) is 0 Å². The molecule has 1 N–H and O–H groups in total. The van der Waals surface area contributed by atoms with Gasteiger partial charge < -0.3 is 10.0 Å². The van der Waals surface area contributed by atoms with E-state index in [-0.39, 0.29) is 11.5 Å². The molecular weight excluding hydrogens is 324 g/mol. The molecule has 2 aromatic rings. The molecule has 3 heterocycles. The first-order valence-electron chi connectivity index (χ1n) is 9.73. The van der Waals surface area contributed by atoms with Crippen LogP contribution in [0, 0.1) is 5.41 Å². The Labute approximate surface area is 156 Å². The van der Waals surface area contributed by atoms with Crippen LogP contribution >= 0.6 is 0 Å². The van der Waals surface area contributed by atoms with E-state index >= 15 is 0 Å². The molecule has 0 saturated carbocycles. The number of hydrogen-bond donors (Lipinski definition) is 1. The smallest absolute Gasteiger partial charge is 0.0968 e. The van der Waals surface area contributed by atoms with Crippen molar-refractivity contribution < 1.29 is 5.11 Å². The summed E-state index contributed by atoms with van der Waals surface area (Å²) in [5.74, 6) is 0. The average molecular weight is 354 g/mol. The third kappa shape index (κ3) is 3.43. The topological polar surface area (TPSA) is 44.5 Å². The number of piperidine rings is 2. The second-order valence-corrected chi connectivity index (χ2v) is 8.26. The van der Waals surface area contributed by atoms with Crippen LogP contribution in [0.4, 0.5) is 0 Å². The predicted molar refractivity (Wildman–Crippen MR) is 104 cm³/mol. The Bertz CT molecular complexity index is 744. The second kappa shape index (κ2) is 7.14. The van der Waals surface area contributed by atoms with Crippen molar-refractivity contribution in [1.29, 1.82) is 0 Å². The third-order valence-electron chi connectivity index (χ3n) is 6.11. The summed E-state index contributed by atoms with van der Waals surface area (Å²) in [5.41, 5.74) is 3.55.